The highest BCUT2D eigenvalue weighted by Gasteiger charge is 2.07. The zero-order chi connectivity index (χ0) is 17.5. The second-order valence-electron chi connectivity index (χ2n) is 5.87. The van der Waals surface area contributed by atoms with Crippen LogP contribution in [-0.4, -0.2) is 7.11 Å². The average molecular weight is 343 g/mol. The largest absolute Gasteiger partial charge is 0.497 e. The molecular formula is C21H23ClO2. The van der Waals surface area contributed by atoms with Gasteiger partial charge in [-0.15, -0.1) is 0 Å². The smallest absolute Gasteiger partial charge is 0.127 e. The van der Waals surface area contributed by atoms with E-state index in [1.54, 1.807) is 7.11 Å². The molecule has 2 aromatic carbocycles. The molecule has 24 heavy (non-hydrogen) atoms. The number of ether oxygens (including phenoxy) is 2. The summed E-state index contributed by atoms with van der Waals surface area (Å²) in [6.45, 7) is 6.70. The van der Waals surface area contributed by atoms with Gasteiger partial charge in [-0.2, -0.15) is 0 Å². The van der Waals surface area contributed by atoms with Crippen LogP contribution in [0.2, 0.25) is 5.02 Å². The van der Waals surface area contributed by atoms with Crippen LogP contribution in [0.1, 0.15) is 31.9 Å². The molecule has 0 N–H and O–H groups in total. The molecule has 3 heteroatoms. The van der Waals surface area contributed by atoms with Crippen LogP contribution in [0.3, 0.4) is 0 Å². The first kappa shape index (κ1) is 18.2. The van der Waals surface area contributed by atoms with Crippen molar-refractivity contribution in [3.8, 4) is 11.5 Å². The molecule has 2 rings (SSSR count). The number of hydrogen-bond donors (Lipinski definition) is 0. The summed E-state index contributed by atoms with van der Waals surface area (Å²) in [6, 6.07) is 13.6. The molecule has 0 aliphatic carbocycles. The third-order valence-electron chi connectivity index (χ3n) is 3.59. The lowest BCUT2D eigenvalue weighted by Gasteiger charge is -2.13. The van der Waals surface area contributed by atoms with Gasteiger partial charge < -0.3 is 9.47 Å². The highest BCUT2D eigenvalue weighted by molar-refractivity contribution is 6.30. The molecule has 0 aliphatic heterocycles. The molecule has 0 fully saturated rings. The van der Waals surface area contributed by atoms with Crippen molar-refractivity contribution >= 4 is 17.2 Å². The van der Waals surface area contributed by atoms with Gasteiger partial charge in [-0.05, 0) is 62.2 Å². The average Bonchev–Trinajstić information content (AvgIpc) is 2.59. The summed E-state index contributed by atoms with van der Waals surface area (Å²) in [6.07, 6.45) is 4.17. The van der Waals surface area contributed by atoms with Gasteiger partial charge in [0.1, 0.15) is 18.1 Å². The molecule has 0 saturated heterocycles. The minimum Gasteiger partial charge on any atom is -0.497 e. The molecule has 126 valence electrons. The summed E-state index contributed by atoms with van der Waals surface area (Å²) >= 11 is 6.16. The van der Waals surface area contributed by atoms with Gasteiger partial charge in [0.2, 0.25) is 0 Å². The van der Waals surface area contributed by atoms with E-state index in [-0.39, 0.29) is 0 Å². The molecular weight excluding hydrogens is 320 g/mol. The zero-order valence-electron chi connectivity index (χ0n) is 14.6. The van der Waals surface area contributed by atoms with E-state index >= 15 is 0 Å². The van der Waals surface area contributed by atoms with Crippen molar-refractivity contribution in [1.82, 2.24) is 0 Å². The van der Waals surface area contributed by atoms with Crippen molar-refractivity contribution in [2.24, 2.45) is 0 Å². The SMILES string of the molecule is COc1ccc(COc2ccc(Cl)cc2/C(C)=C/C=C(C)C)cc1. The predicted molar refractivity (Wildman–Crippen MR) is 102 cm³/mol. The Kier molecular flexibility index (Phi) is 6.51. The number of methoxy groups -OCH3 is 1. The fourth-order valence-electron chi connectivity index (χ4n) is 2.20. The van der Waals surface area contributed by atoms with Crippen LogP contribution >= 0.6 is 11.6 Å². The Morgan fingerprint density at radius 3 is 2.33 bits per heavy atom. The molecule has 0 aliphatic rings. The first-order valence-electron chi connectivity index (χ1n) is 7.87. The van der Waals surface area contributed by atoms with Gasteiger partial charge in [0.05, 0.1) is 7.11 Å². The maximum absolute atomic E-state index is 6.16. The molecule has 0 amide bonds. The van der Waals surface area contributed by atoms with Crippen molar-refractivity contribution < 1.29 is 9.47 Å². The van der Waals surface area contributed by atoms with Crippen molar-refractivity contribution in [3.05, 3.63) is 76.3 Å². The maximum atomic E-state index is 6.16. The van der Waals surface area contributed by atoms with E-state index in [1.165, 1.54) is 5.57 Å². The van der Waals surface area contributed by atoms with Gasteiger partial charge in [0.25, 0.3) is 0 Å². The molecule has 0 heterocycles. The van der Waals surface area contributed by atoms with E-state index in [2.05, 4.69) is 32.9 Å². The van der Waals surface area contributed by atoms with Gasteiger partial charge in [0.15, 0.2) is 0 Å². The van der Waals surface area contributed by atoms with Crippen LogP contribution in [-0.2, 0) is 6.61 Å². The third kappa shape index (κ3) is 5.17. The Labute approximate surface area is 149 Å². The summed E-state index contributed by atoms with van der Waals surface area (Å²) < 4.78 is 11.2. The Bertz CT molecular complexity index is 739. The van der Waals surface area contributed by atoms with Gasteiger partial charge in [-0.25, -0.2) is 0 Å². The lowest BCUT2D eigenvalue weighted by atomic mass is 10.1. The van der Waals surface area contributed by atoms with Gasteiger partial charge in [0, 0.05) is 10.6 Å². The molecule has 2 aromatic rings. The van der Waals surface area contributed by atoms with Crippen molar-refractivity contribution in [2.75, 3.05) is 7.11 Å². The summed E-state index contributed by atoms with van der Waals surface area (Å²) in [5, 5.41) is 0.701. The highest BCUT2D eigenvalue weighted by Crippen LogP contribution is 2.30. The first-order chi connectivity index (χ1) is 11.5. The van der Waals surface area contributed by atoms with Crippen molar-refractivity contribution in [2.45, 2.75) is 27.4 Å². The minimum atomic E-state index is 0.495. The number of halogens is 1. The normalized spacial score (nSPS) is 11.1. The third-order valence-corrected chi connectivity index (χ3v) is 3.82. The molecule has 0 aromatic heterocycles. The van der Waals surface area contributed by atoms with Crippen LogP contribution in [0.25, 0.3) is 5.57 Å². The molecule has 0 radical (unpaired) electrons. The summed E-state index contributed by atoms with van der Waals surface area (Å²) in [5.74, 6) is 1.66. The van der Waals surface area contributed by atoms with Gasteiger partial charge in [-0.3, -0.25) is 0 Å². The summed E-state index contributed by atoms with van der Waals surface area (Å²) in [5.41, 5.74) is 4.46. The number of benzene rings is 2. The predicted octanol–water partition coefficient (Wildman–Crippen LogP) is 6.30. The van der Waals surface area contributed by atoms with E-state index in [0.717, 1.165) is 28.2 Å². The lowest BCUT2D eigenvalue weighted by Crippen LogP contribution is -1.98. The van der Waals surface area contributed by atoms with E-state index in [0.29, 0.717) is 11.6 Å². The van der Waals surface area contributed by atoms with Crippen LogP contribution in [0.4, 0.5) is 0 Å². The fourth-order valence-corrected chi connectivity index (χ4v) is 2.37. The van der Waals surface area contributed by atoms with Crippen molar-refractivity contribution in [1.29, 1.82) is 0 Å². The second-order valence-corrected chi connectivity index (χ2v) is 6.31. The fraction of sp³-hybridized carbons (Fsp3) is 0.238. The molecule has 0 bridgehead atoms. The molecule has 0 atom stereocenters. The van der Waals surface area contributed by atoms with E-state index in [9.17, 15) is 0 Å². The van der Waals surface area contributed by atoms with E-state index < -0.39 is 0 Å². The topological polar surface area (TPSA) is 18.5 Å². The first-order valence-corrected chi connectivity index (χ1v) is 8.25. The number of allylic oxidation sites excluding steroid dienone is 4. The Morgan fingerprint density at radius 2 is 1.71 bits per heavy atom. The Balaban J connectivity index is 2.20. The van der Waals surface area contributed by atoms with Gasteiger partial charge in [-0.1, -0.05) is 41.5 Å². The molecule has 2 nitrogen and oxygen atoms in total. The maximum Gasteiger partial charge on any atom is 0.127 e. The molecule has 0 spiro atoms. The summed E-state index contributed by atoms with van der Waals surface area (Å²) in [4.78, 5) is 0. The van der Waals surface area contributed by atoms with Crippen molar-refractivity contribution in [3.63, 3.8) is 0 Å². The second kappa shape index (κ2) is 8.60. The standard InChI is InChI=1S/C21H23ClO2/c1-15(2)5-6-16(3)20-13-18(22)9-12-21(20)24-14-17-7-10-19(23-4)11-8-17/h5-13H,14H2,1-4H3/b16-6+. The van der Waals surface area contributed by atoms with Crippen LogP contribution < -0.4 is 9.47 Å². The number of hydrogen-bond acceptors (Lipinski definition) is 2. The monoisotopic (exact) mass is 342 g/mol. The highest BCUT2D eigenvalue weighted by atomic mass is 35.5. The quantitative estimate of drug-likeness (QED) is 0.574. The Morgan fingerprint density at radius 1 is 1.00 bits per heavy atom. The van der Waals surface area contributed by atoms with E-state index in [4.69, 9.17) is 21.1 Å². The van der Waals surface area contributed by atoms with Crippen LogP contribution in [0.15, 0.2) is 60.2 Å². The molecule has 0 saturated carbocycles. The van der Waals surface area contributed by atoms with Crippen LogP contribution in [0, 0.1) is 0 Å². The number of rotatable bonds is 6. The Hall–Kier alpha value is -2.19. The lowest BCUT2D eigenvalue weighted by molar-refractivity contribution is 0.305. The molecule has 0 unspecified atom stereocenters. The minimum absolute atomic E-state index is 0.495. The zero-order valence-corrected chi connectivity index (χ0v) is 15.4. The van der Waals surface area contributed by atoms with Gasteiger partial charge >= 0.3 is 0 Å². The summed E-state index contributed by atoms with van der Waals surface area (Å²) in [7, 11) is 1.66. The van der Waals surface area contributed by atoms with Crippen LogP contribution in [0.5, 0.6) is 11.5 Å². The van der Waals surface area contributed by atoms with E-state index in [1.807, 2.05) is 42.5 Å².